The van der Waals surface area contributed by atoms with E-state index in [1.165, 1.54) is 0 Å². The van der Waals surface area contributed by atoms with Crippen LogP contribution in [-0.4, -0.2) is 15.6 Å². The van der Waals surface area contributed by atoms with Crippen LogP contribution in [0.2, 0.25) is 5.02 Å². The SMILES string of the molecule is Cc1ccc2c(=O)c3c(Cl)cccc3n(CC(=O)O)c2c1. The normalized spacial score (nSPS) is 11.1. The van der Waals surface area contributed by atoms with E-state index in [2.05, 4.69) is 0 Å². The highest BCUT2D eigenvalue weighted by atomic mass is 35.5. The molecule has 0 amide bonds. The minimum Gasteiger partial charge on any atom is -0.480 e. The lowest BCUT2D eigenvalue weighted by atomic mass is 10.1. The summed E-state index contributed by atoms with van der Waals surface area (Å²) in [5.41, 5.74) is 1.93. The molecule has 0 bridgehead atoms. The lowest BCUT2D eigenvalue weighted by Crippen LogP contribution is -2.16. The van der Waals surface area contributed by atoms with Gasteiger partial charge < -0.3 is 9.67 Å². The molecule has 0 aliphatic heterocycles. The first kappa shape index (κ1) is 13.6. The molecule has 21 heavy (non-hydrogen) atoms. The first-order valence-corrected chi connectivity index (χ1v) is 6.80. The number of rotatable bonds is 2. The summed E-state index contributed by atoms with van der Waals surface area (Å²) in [5, 5.41) is 10.3. The maximum Gasteiger partial charge on any atom is 0.323 e. The predicted octanol–water partition coefficient (Wildman–Crippen LogP) is 3.20. The van der Waals surface area contributed by atoms with E-state index < -0.39 is 5.97 Å². The third-order valence-electron chi connectivity index (χ3n) is 3.49. The Hall–Kier alpha value is -2.33. The molecular weight excluding hydrogens is 290 g/mol. The molecule has 0 aliphatic rings. The molecular formula is C16H12ClNO3. The minimum absolute atomic E-state index is 0.174. The summed E-state index contributed by atoms with van der Waals surface area (Å²) in [6.07, 6.45) is 0. The molecule has 1 aromatic heterocycles. The van der Waals surface area contributed by atoms with Gasteiger partial charge in [0.15, 0.2) is 5.43 Å². The van der Waals surface area contributed by atoms with Crippen molar-refractivity contribution in [1.29, 1.82) is 0 Å². The number of carboxylic acids is 1. The first-order chi connectivity index (χ1) is 9.99. The Morgan fingerprint density at radius 3 is 2.71 bits per heavy atom. The number of aryl methyl sites for hydroxylation is 1. The van der Waals surface area contributed by atoms with Gasteiger partial charge in [0, 0.05) is 5.39 Å². The second-order valence-corrected chi connectivity index (χ2v) is 5.37. The van der Waals surface area contributed by atoms with E-state index in [9.17, 15) is 9.59 Å². The van der Waals surface area contributed by atoms with Crippen molar-refractivity contribution in [3.8, 4) is 0 Å². The van der Waals surface area contributed by atoms with Crippen LogP contribution in [0.15, 0.2) is 41.2 Å². The number of nitrogens with zero attached hydrogens (tertiary/aromatic N) is 1. The van der Waals surface area contributed by atoms with E-state index in [0.717, 1.165) is 5.56 Å². The molecule has 106 valence electrons. The average molecular weight is 302 g/mol. The molecule has 0 aliphatic carbocycles. The van der Waals surface area contributed by atoms with E-state index in [0.29, 0.717) is 26.8 Å². The van der Waals surface area contributed by atoms with Gasteiger partial charge in [-0.05, 0) is 36.8 Å². The number of hydrogen-bond acceptors (Lipinski definition) is 2. The molecule has 2 aromatic carbocycles. The van der Waals surface area contributed by atoms with Crippen molar-refractivity contribution in [2.24, 2.45) is 0 Å². The van der Waals surface area contributed by atoms with Crippen molar-refractivity contribution < 1.29 is 9.90 Å². The minimum atomic E-state index is -0.970. The molecule has 0 spiro atoms. The summed E-state index contributed by atoms with van der Waals surface area (Å²) in [6.45, 7) is 1.67. The third-order valence-corrected chi connectivity index (χ3v) is 3.81. The summed E-state index contributed by atoms with van der Waals surface area (Å²) in [6, 6.07) is 10.4. The topological polar surface area (TPSA) is 59.3 Å². The van der Waals surface area contributed by atoms with Crippen LogP contribution in [0.3, 0.4) is 0 Å². The fourth-order valence-electron chi connectivity index (χ4n) is 2.59. The smallest absolute Gasteiger partial charge is 0.323 e. The molecule has 3 rings (SSSR count). The fraction of sp³-hybridized carbons (Fsp3) is 0.125. The van der Waals surface area contributed by atoms with Gasteiger partial charge in [0.05, 0.1) is 21.4 Å². The Kier molecular flexibility index (Phi) is 3.18. The van der Waals surface area contributed by atoms with Crippen LogP contribution in [-0.2, 0) is 11.3 Å². The lowest BCUT2D eigenvalue weighted by Gasteiger charge is -2.14. The molecule has 1 N–H and O–H groups in total. The Labute approximate surface area is 125 Å². The molecule has 0 radical (unpaired) electrons. The molecule has 0 unspecified atom stereocenters. The van der Waals surface area contributed by atoms with Crippen LogP contribution in [0, 0.1) is 6.92 Å². The Balaban J connectivity index is 2.61. The van der Waals surface area contributed by atoms with Crippen LogP contribution >= 0.6 is 11.6 Å². The molecule has 3 aromatic rings. The number of pyridine rings is 1. The summed E-state index contributed by atoms with van der Waals surface area (Å²) in [4.78, 5) is 23.8. The average Bonchev–Trinajstić information content (AvgIpc) is 2.42. The summed E-state index contributed by atoms with van der Waals surface area (Å²) >= 11 is 6.14. The van der Waals surface area contributed by atoms with Gasteiger partial charge in [-0.25, -0.2) is 0 Å². The molecule has 0 saturated heterocycles. The van der Waals surface area contributed by atoms with Crippen molar-refractivity contribution >= 4 is 39.4 Å². The number of fused-ring (bicyclic) bond motifs is 2. The van der Waals surface area contributed by atoms with Crippen LogP contribution in [0.25, 0.3) is 21.8 Å². The van der Waals surface area contributed by atoms with Crippen LogP contribution < -0.4 is 5.43 Å². The monoisotopic (exact) mass is 301 g/mol. The zero-order valence-corrected chi connectivity index (χ0v) is 12.0. The van der Waals surface area contributed by atoms with Gasteiger partial charge in [-0.2, -0.15) is 0 Å². The van der Waals surface area contributed by atoms with Gasteiger partial charge in [-0.15, -0.1) is 0 Å². The van der Waals surface area contributed by atoms with Gasteiger partial charge in [-0.3, -0.25) is 9.59 Å². The molecule has 5 heteroatoms. The molecule has 0 atom stereocenters. The second kappa shape index (κ2) is 4.90. The van der Waals surface area contributed by atoms with Gasteiger partial charge in [0.2, 0.25) is 0 Å². The summed E-state index contributed by atoms with van der Waals surface area (Å²) < 4.78 is 1.62. The highest BCUT2D eigenvalue weighted by molar-refractivity contribution is 6.35. The number of aliphatic carboxylic acids is 1. The number of carboxylic acid groups (broad SMARTS) is 1. The first-order valence-electron chi connectivity index (χ1n) is 6.42. The Bertz CT molecular complexity index is 940. The Morgan fingerprint density at radius 1 is 1.24 bits per heavy atom. The third kappa shape index (κ3) is 2.17. The fourth-order valence-corrected chi connectivity index (χ4v) is 2.84. The van der Waals surface area contributed by atoms with Crippen LogP contribution in [0.4, 0.5) is 0 Å². The van der Waals surface area contributed by atoms with Crippen molar-refractivity contribution in [2.45, 2.75) is 13.5 Å². The largest absolute Gasteiger partial charge is 0.480 e. The van der Waals surface area contributed by atoms with Crippen molar-refractivity contribution in [3.05, 3.63) is 57.2 Å². The van der Waals surface area contributed by atoms with Crippen molar-refractivity contribution in [2.75, 3.05) is 0 Å². The molecule has 4 nitrogen and oxygen atoms in total. The predicted molar refractivity (Wildman–Crippen MR) is 83.1 cm³/mol. The van der Waals surface area contributed by atoms with Crippen molar-refractivity contribution in [1.82, 2.24) is 4.57 Å². The number of aromatic nitrogens is 1. The van der Waals surface area contributed by atoms with E-state index in [4.69, 9.17) is 16.7 Å². The van der Waals surface area contributed by atoms with E-state index in [1.807, 2.05) is 19.1 Å². The number of hydrogen-bond donors (Lipinski definition) is 1. The molecule has 0 saturated carbocycles. The Morgan fingerprint density at radius 2 is 2.00 bits per heavy atom. The second-order valence-electron chi connectivity index (χ2n) is 4.96. The van der Waals surface area contributed by atoms with E-state index in [1.54, 1.807) is 28.8 Å². The van der Waals surface area contributed by atoms with Crippen LogP contribution in [0.1, 0.15) is 5.56 Å². The summed E-state index contributed by atoms with van der Waals surface area (Å²) in [7, 11) is 0. The molecule has 0 fully saturated rings. The zero-order valence-electron chi connectivity index (χ0n) is 11.3. The highest BCUT2D eigenvalue weighted by Gasteiger charge is 2.14. The van der Waals surface area contributed by atoms with Crippen LogP contribution in [0.5, 0.6) is 0 Å². The maximum absolute atomic E-state index is 12.6. The molecule has 1 heterocycles. The number of benzene rings is 2. The zero-order chi connectivity index (χ0) is 15.1. The van der Waals surface area contributed by atoms with Gasteiger partial charge in [0.1, 0.15) is 6.54 Å². The van der Waals surface area contributed by atoms with Crippen molar-refractivity contribution in [3.63, 3.8) is 0 Å². The summed E-state index contributed by atoms with van der Waals surface area (Å²) in [5.74, 6) is -0.970. The maximum atomic E-state index is 12.6. The van der Waals surface area contributed by atoms with Gasteiger partial charge in [0.25, 0.3) is 0 Å². The lowest BCUT2D eigenvalue weighted by molar-refractivity contribution is -0.137. The highest BCUT2D eigenvalue weighted by Crippen LogP contribution is 2.25. The number of carbonyl (C=O) groups is 1. The van der Waals surface area contributed by atoms with Gasteiger partial charge >= 0.3 is 5.97 Å². The van der Waals surface area contributed by atoms with E-state index in [-0.39, 0.29) is 12.0 Å². The standard InChI is InChI=1S/C16H12ClNO3/c1-9-5-6-10-13(7-9)18(8-14(19)20)12-4-2-3-11(17)15(12)16(10)21/h2-7H,8H2,1H3,(H,19,20). The number of halogens is 1. The van der Waals surface area contributed by atoms with Gasteiger partial charge in [-0.1, -0.05) is 23.7 Å². The van der Waals surface area contributed by atoms with E-state index >= 15 is 0 Å². The quantitative estimate of drug-likeness (QED) is 0.739.